The van der Waals surface area contributed by atoms with Gasteiger partial charge in [-0.15, -0.1) is 0 Å². The van der Waals surface area contributed by atoms with Crippen LogP contribution in [-0.4, -0.2) is 0 Å². The third-order valence-corrected chi connectivity index (χ3v) is 4.12. The van der Waals surface area contributed by atoms with Crippen LogP contribution in [-0.2, 0) is 6.42 Å². The fourth-order valence-electron chi connectivity index (χ4n) is 2.16. The standard InChI is InChI=1S/C16H16BrCl/c1-11-6-7-15(12(2)8-11)16(17)10-13-4-3-5-14(18)9-13/h3-9,16H,10H2,1-2H3. The molecule has 0 amide bonds. The van der Waals surface area contributed by atoms with Gasteiger partial charge in [-0.3, -0.25) is 0 Å². The Balaban J connectivity index is 2.19. The summed E-state index contributed by atoms with van der Waals surface area (Å²) >= 11 is 9.79. The Labute approximate surface area is 122 Å². The highest BCUT2D eigenvalue weighted by atomic mass is 79.9. The molecule has 2 heteroatoms. The first kappa shape index (κ1) is 13.6. The number of aryl methyl sites for hydroxylation is 2. The van der Waals surface area contributed by atoms with Gasteiger partial charge in [0.05, 0.1) is 0 Å². The van der Waals surface area contributed by atoms with Crippen LogP contribution >= 0.6 is 27.5 Å². The van der Waals surface area contributed by atoms with Gasteiger partial charge in [-0.1, -0.05) is 63.4 Å². The van der Waals surface area contributed by atoms with E-state index in [9.17, 15) is 0 Å². The maximum atomic E-state index is 6.01. The molecule has 0 aliphatic carbocycles. The van der Waals surface area contributed by atoms with Gasteiger partial charge in [-0.25, -0.2) is 0 Å². The Morgan fingerprint density at radius 2 is 1.89 bits per heavy atom. The lowest BCUT2D eigenvalue weighted by molar-refractivity contribution is 0.937. The smallest absolute Gasteiger partial charge is 0.0438 e. The second-order valence-electron chi connectivity index (χ2n) is 4.66. The molecule has 1 unspecified atom stereocenters. The van der Waals surface area contributed by atoms with E-state index in [2.05, 4.69) is 54.0 Å². The van der Waals surface area contributed by atoms with Crippen molar-refractivity contribution in [3.63, 3.8) is 0 Å². The summed E-state index contributed by atoms with van der Waals surface area (Å²) in [7, 11) is 0. The van der Waals surface area contributed by atoms with Crippen molar-refractivity contribution in [3.05, 3.63) is 69.7 Å². The summed E-state index contributed by atoms with van der Waals surface area (Å²) in [4.78, 5) is 0.330. The summed E-state index contributed by atoms with van der Waals surface area (Å²) in [6.45, 7) is 4.28. The topological polar surface area (TPSA) is 0 Å². The van der Waals surface area contributed by atoms with Crippen molar-refractivity contribution in [2.75, 3.05) is 0 Å². The SMILES string of the molecule is Cc1ccc(C(Br)Cc2cccc(Cl)c2)c(C)c1. The maximum absolute atomic E-state index is 6.01. The van der Waals surface area contributed by atoms with E-state index in [0.717, 1.165) is 11.4 Å². The minimum absolute atomic E-state index is 0.330. The molecule has 0 radical (unpaired) electrons. The van der Waals surface area contributed by atoms with Crippen LogP contribution in [0.1, 0.15) is 27.1 Å². The molecule has 0 saturated carbocycles. The van der Waals surface area contributed by atoms with Crippen molar-refractivity contribution < 1.29 is 0 Å². The van der Waals surface area contributed by atoms with Crippen LogP contribution in [0.15, 0.2) is 42.5 Å². The number of alkyl halides is 1. The molecule has 0 aromatic heterocycles. The van der Waals surface area contributed by atoms with Gasteiger partial charge in [0, 0.05) is 9.85 Å². The van der Waals surface area contributed by atoms with Gasteiger partial charge in [-0.2, -0.15) is 0 Å². The molecule has 1 atom stereocenters. The van der Waals surface area contributed by atoms with E-state index < -0.39 is 0 Å². The molecular weight excluding hydrogens is 308 g/mol. The third kappa shape index (κ3) is 3.37. The van der Waals surface area contributed by atoms with E-state index in [4.69, 9.17) is 11.6 Å². The minimum atomic E-state index is 0.330. The van der Waals surface area contributed by atoms with Crippen LogP contribution in [0, 0.1) is 13.8 Å². The fourth-order valence-corrected chi connectivity index (χ4v) is 3.26. The number of hydrogen-bond acceptors (Lipinski definition) is 0. The van der Waals surface area contributed by atoms with Crippen molar-refractivity contribution in [2.45, 2.75) is 25.1 Å². The lowest BCUT2D eigenvalue weighted by atomic mass is 9.99. The van der Waals surface area contributed by atoms with E-state index >= 15 is 0 Å². The molecular formula is C16H16BrCl. The predicted octanol–water partition coefficient (Wildman–Crippen LogP) is 5.64. The summed E-state index contributed by atoms with van der Waals surface area (Å²) in [5.74, 6) is 0. The molecule has 0 N–H and O–H groups in total. The van der Waals surface area contributed by atoms with Crippen LogP contribution in [0.3, 0.4) is 0 Å². The largest absolute Gasteiger partial charge is 0.0843 e. The predicted molar refractivity (Wildman–Crippen MR) is 82.7 cm³/mol. The van der Waals surface area contributed by atoms with E-state index in [-0.39, 0.29) is 0 Å². The second kappa shape index (κ2) is 5.90. The average molecular weight is 324 g/mol. The van der Waals surface area contributed by atoms with E-state index in [1.165, 1.54) is 22.3 Å². The van der Waals surface area contributed by atoms with Gasteiger partial charge in [0.2, 0.25) is 0 Å². The van der Waals surface area contributed by atoms with E-state index in [1.807, 2.05) is 18.2 Å². The molecule has 0 heterocycles. The highest BCUT2D eigenvalue weighted by Crippen LogP contribution is 2.30. The molecule has 2 aromatic rings. The lowest BCUT2D eigenvalue weighted by Gasteiger charge is -2.14. The van der Waals surface area contributed by atoms with Crippen LogP contribution in [0.25, 0.3) is 0 Å². The van der Waals surface area contributed by atoms with Gasteiger partial charge in [0.15, 0.2) is 0 Å². The number of benzene rings is 2. The summed E-state index contributed by atoms with van der Waals surface area (Å²) in [6.07, 6.45) is 0.949. The van der Waals surface area contributed by atoms with Gasteiger partial charge in [0.25, 0.3) is 0 Å². The zero-order valence-corrected chi connectivity index (χ0v) is 12.9. The van der Waals surface area contributed by atoms with Crippen molar-refractivity contribution in [2.24, 2.45) is 0 Å². The highest BCUT2D eigenvalue weighted by molar-refractivity contribution is 9.09. The molecule has 18 heavy (non-hydrogen) atoms. The first-order valence-electron chi connectivity index (χ1n) is 6.02. The Morgan fingerprint density at radius 1 is 1.11 bits per heavy atom. The van der Waals surface area contributed by atoms with Gasteiger partial charge in [-0.05, 0) is 49.1 Å². The lowest BCUT2D eigenvalue weighted by Crippen LogP contribution is -1.98. The van der Waals surface area contributed by atoms with Crippen molar-refractivity contribution in [1.29, 1.82) is 0 Å². The molecule has 94 valence electrons. The normalized spacial score (nSPS) is 12.4. The van der Waals surface area contributed by atoms with Crippen molar-refractivity contribution in [3.8, 4) is 0 Å². The third-order valence-electron chi connectivity index (χ3n) is 3.07. The molecule has 0 aliphatic heterocycles. The van der Waals surface area contributed by atoms with Crippen LogP contribution in [0.2, 0.25) is 5.02 Å². The first-order chi connectivity index (χ1) is 8.56. The van der Waals surface area contributed by atoms with Crippen LogP contribution in [0.4, 0.5) is 0 Å². The molecule has 2 rings (SSSR count). The number of hydrogen-bond donors (Lipinski definition) is 0. The second-order valence-corrected chi connectivity index (χ2v) is 6.20. The molecule has 0 fully saturated rings. The maximum Gasteiger partial charge on any atom is 0.0438 e. The summed E-state index contributed by atoms with van der Waals surface area (Å²) in [5.41, 5.74) is 5.24. The zero-order valence-electron chi connectivity index (χ0n) is 10.6. The molecule has 2 aromatic carbocycles. The highest BCUT2D eigenvalue weighted by Gasteiger charge is 2.11. The first-order valence-corrected chi connectivity index (χ1v) is 7.31. The Bertz CT molecular complexity index is 549. The molecule has 0 nitrogen and oxygen atoms in total. The van der Waals surface area contributed by atoms with Gasteiger partial charge < -0.3 is 0 Å². The Hall–Kier alpha value is -0.790. The fraction of sp³-hybridized carbons (Fsp3) is 0.250. The Morgan fingerprint density at radius 3 is 2.56 bits per heavy atom. The van der Waals surface area contributed by atoms with Crippen LogP contribution in [0.5, 0.6) is 0 Å². The van der Waals surface area contributed by atoms with Crippen molar-refractivity contribution in [1.82, 2.24) is 0 Å². The summed E-state index contributed by atoms with van der Waals surface area (Å²) in [5, 5.41) is 0.799. The number of rotatable bonds is 3. The number of halogens is 2. The van der Waals surface area contributed by atoms with Gasteiger partial charge >= 0.3 is 0 Å². The minimum Gasteiger partial charge on any atom is -0.0843 e. The average Bonchev–Trinajstić information content (AvgIpc) is 2.28. The Kier molecular flexibility index (Phi) is 4.47. The zero-order chi connectivity index (χ0) is 13.1. The van der Waals surface area contributed by atoms with E-state index in [1.54, 1.807) is 0 Å². The molecule has 0 bridgehead atoms. The molecule has 0 saturated heterocycles. The quantitative estimate of drug-likeness (QED) is 0.642. The van der Waals surface area contributed by atoms with Crippen molar-refractivity contribution >= 4 is 27.5 Å². The summed E-state index contributed by atoms with van der Waals surface area (Å²) in [6, 6.07) is 14.6. The monoisotopic (exact) mass is 322 g/mol. The van der Waals surface area contributed by atoms with Gasteiger partial charge in [0.1, 0.15) is 0 Å². The van der Waals surface area contributed by atoms with E-state index in [0.29, 0.717) is 4.83 Å². The molecule has 0 spiro atoms. The van der Waals surface area contributed by atoms with Crippen LogP contribution < -0.4 is 0 Å². The summed E-state index contributed by atoms with van der Waals surface area (Å²) < 4.78 is 0. The molecule has 0 aliphatic rings.